The molecule has 0 aliphatic heterocycles. The molecule has 0 aliphatic carbocycles. The third-order valence-electron chi connectivity index (χ3n) is 2.45. The molecule has 0 radical (unpaired) electrons. The van der Waals surface area contributed by atoms with Crippen LogP contribution < -0.4 is 4.72 Å². The summed E-state index contributed by atoms with van der Waals surface area (Å²) in [7, 11) is -4.11. The van der Waals surface area contributed by atoms with Gasteiger partial charge in [0.2, 0.25) is 0 Å². The van der Waals surface area contributed by atoms with Crippen molar-refractivity contribution in [2.45, 2.75) is 11.5 Å². The molecule has 2 aromatic rings. The maximum Gasteiger partial charge on any atom is 0.264 e. The highest BCUT2D eigenvalue weighted by atomic mass is 79.9. The molecule has 0 saturated carbocycles. The van der Waals surface area contributed by atoms with Gasteiger partial charge >= 0.3 is 0 Å². The van der Waals surface area contributed by atoms with E-state index in [4.69, 9.17) is 5.11 Å². The third-order valence-corrected chi connectivity index (χ3v) is 4.29. The Morgan fingerprint density at radius 1 is 1.40 bits per heavy atom. The van der Waals surface area contributed by atoms with Crippen LogP contribution in [-0.2, 0) is 16.6 Å². The van der Waals surface area contributed by atoms with Crippen LogP contribution in [0, 0.1) is 5.82 Å². The molecule has 1 aromatic heterocycles. The Balaban J connectivity index is 2.47. The number of nitrogens with zero attached hydrogens (tertiary/aromatic N) is 1. The lowest BCUT2D eigenvalue weighted by atomic mass is 10.2. The number of nitrogens with one attached hydrogen (secondary N) is 1. The van der Waals surface area contributed by atoms with Crippen molar-refractivity contribution in [3.05, 3.63) is 52.5 Å². The molecule has 20 heavy (non-hydrogen) atoms. The number of aliphatic hydroxyl groups is 1. The van der Waals surface area contributed by atoms with E-state index in [1.165, 1.54) is 24.5 Å². The topological polar surface area (TPSA) is 79.3 Å². The van der Waals surface area contributed by atoms with Gasteiger partial charge in [0.15, 0.2) is 0 Å². The van der Waals surface area contributed by atoms with Crippen LogP contribution in [0.15, 0.2) is 46.0 Å². The molecule has 0 amide bonds. The minimum Gasteiger partial charge on any atom is -0.392 e. The number of hydrogen-bond donors (Lipinski definition) is 2. The highest BCUT2D eigenvalue weighted by Gasteiger charge is 2.22. The van der Waals surface area contributed by atoms with Crippen LogP contribution in [0.2, 0.25) is 0 Å². The van der Waals surface area contributed by atoms with Gasteiger partial charge in [-0.25, -0.2) is 12.8 Å². The smallest absolute Gasteiger partial charge is 0.264 e. The molecule has 5 nitrogen and oxygen atoms in total. The van der Waals surface area contributed by atoms with Crippen molar-refractivity contribution in [2.24, 2.45) is 0 Å². The first-order valence-electron chi connectivity index (χ1n) is 5.45. The van der Waals surface area contributed by atoms with Crippen molar-refractivity contribution in [2.75, 3.05) is 4.72 Å². The number of sulfonamides is 1. The first-order chi connectivity index (χ1) is 9.44. The fourth-order valence-electron chi connectivity index (χ4n) is 1.56. The number of benzene rings is 1. The van der Waals surface area contributed by atoms with E-state index in [2.05, 4.69) is 25.6 Å². The maximum atomic E-state index is 14.0. The Bertz CT molecular complexity index is 723. The minimum atomic E-state index is -4.11. The van der Waals surface area contributed by atoms with E-state index in [-0.39, 0.29) is 11.3 Å². The molecular weight excluding hydrogens is 351 g/mol. The predicted octanol–water partition coefficient (Wildman–Crippen LogP) is 2.28. The Labute approximate surface area is 123 Å². The van der Waals surface area contributed by atoms with Gasteiger partial charge in [-0.05, 0) is 24.3 Å². The standard InChI is InChI=1S/C12H10BrFN2O3S/c13-9-4-8(7-17)12(14)11(5-9)20(18,19)16-10-2-1-3-15-6-10/h1-6,16-17H,7H2. The highest BCUT2D eigenvalue weighted by molar-refractivity contribution is 9.10. The number of pyridine rings is 1. The van der Waals surface area contributed by atoms with Crippen molar-refractivity contribution in [1.82, 2.24) is 4.98 Å². The number of aliphatic hydroxyl groups excluding tert-OH is 1. The van der Waals surface area contributed by atoms with E-state index in [0.29, 0.717) is 4.47 Å². The monoisotopic (exact) mass is 360 g/mol. The largest absolute Gasteiger partial charge is 0.392 e. The molecule has 0 unspecified atom stereocenters. The Morgan fingerprint density at radius 2 is 2.15 bits per heavy atom. The van der Waals surface area contributed by atoms with Gasteiger partial charge in [-0.2, -0.15) is 0 Å². The van der Waals surface area contributed by atoms with Crippen LogP contribution in [0.4, 0.5) is 10.1 Å². The van der Waals surface area contributed by atoms with Gasteiger partial charge < -0.3 is 5.11 Å². The van der Waals surface area contributed by atoms with Crippen molar-refractivity contribution < 1.29 is 17.9 Å². The quantitative estimate of drug-likeness (QED) is 0.876. The maximum absolute atomic E-state index is 14.0. The van der Waals surface area contributed by atoms with Gasteiger partial charge in [0, 0.05) is 16.2 Å². The SMILES string of the molecule is O=S(=O)(Nc1cccnc1)c1cc(Br)cc(CO)c1F. The number of rotatable bonds is 4. The molecule has 0 atom stereocenters. The lowest BCUT2D eigenvalue weighted by molar-refractivity contribution is 0.274. The normalized spacial score (nSPS) is 11.3. The summed E-state index contributed by atoms with van der Waals surface area (Å²) in [6, 6.07) is 5.49. The van der Waals surface area contributed by atoms with Crippen LogP contribution in [-0.4, -0.2) is 18.5 Å². The van der Waals surface area contributed by atoms with Crippen LogP contribution in [0.3, 0.4) is 0 Å². The Morgan fingerprint density at radius 3 is 2.75 bits per heavy atom. The Kier molecular flexibility index (Phi) is 4.36. The fourth-order valence-corrected chi connectivity index (χ4v) is 3.41. The van der Waals surface area contributed by atoms with Gasteiger partial charge in [-0.15, -0.1) is 0 Å². The summed E-state index contributed by atoms with van der Waals surface area (Å²) in [5.74, 6) is -0.980. The second-order valence-corrected chi connectivity index (χ2v) is 6.45. The third kappa shape index (κ3) is 3.14. The van der Waals surface area contributed by atoms with Crippen LogP contribution >= 0.6 is 15.9 Å². The van der Waals surface area contributed by atoms with Gasteiger partial charge in [0.05, 0.1) is 18.5 Å². The van der Waals surface area contributed by atoms with Gasteiger partial charge in [0.1, 0.15) is 10.7 Å². The molecule has 1 heterocycles. The number of hydrogen-bond acceptors (Lipinski definition) is 4. The lowest BCUT2D eigenvalue weighted by Gasteiger charge is -2.11. The second-order valence-electron chi connectivity index (χ2n) is 3.88. The van der Waals surface area contributed by atoms with Crippen molar-refractivity contribution in [1.29, 1.82) is 0 Å². The van der Waals surface area contributed by atoms with Gasteiger partial charge in [-0.3, -0.25) is 9.71 Å². The Hall–Kier alpha value is -1.51. The van der Waals surface area contributed by atoms with E-state index in [9.17, 15) is 12.8 Å². The zero-order valence-electron chi connectivity index (χ0n) is 10.0. The molecule has 0 fully saturated rings. The molecule has 8 heteroatoms. The van der Waals surface area contributed by atoms with Gasteiger partial charge in [-0.1, -0.05) is 15.9 Å². The summed E-state index contributed by atoms with van der Waals surface area (Å²) in [6.07, 6.45) is 2.79. The van der Waals surface area contributed by atoms with E-state index in [1.807, 2.05) is 0 Å². The fraction of sp³-hybridized carbons (Fsp3) is 0.0833. The number of halogens is 2. The summed E-state index contributed by atoms with van der Waals surface area (Å²) < 4.78 is 40.9. The average molecular weight is 361 g/mol. The lowest BCUT2D eigenvalue weighted by Crippen LogP contribution is -2.15. The summed E-state index contributed by atoms with van der Waals surface area (Å²) in [5, 5.41) is 9.04. The summed E-state index contributed by atoms with van der Waals surface area (Å²) in [6.45, 7) is -0.597. The minimum absolute atomic E-state index is 0.106. The predicted molar refractivity (Wildman–Crippen MR) is 75.1 cm³/mol. The van der Waals surface area contributed by atoms with Crippen molar-refractivity contribution in [3.63, 3.8) is 0 Å². The van der Waals surface area contributed by atoms with Crippen LogP contribution in [0.25, 0.3) is 0 Å². The zero-order valence-corrected chi connectivity index (χ0v) is 12.4. The number of anilines is 1. The first-order valence-corrected chi connectivity index (χ1v) is 7.73. The molecule has 0 spiro atoms. The van der Waals surface area contributed by atoms with Gasteiger partial charge in [0.25, 0.3) is 10.0 Å². The van der Waals surface area contributed by atoms with Crippen LogP contribution in [0.5, 0.6) is 0 Å². The second kappa shape index (κ2) is 5.86. The molecule has 0 saturated heterocycles. The van der Waals surface area contributed by atoms with Crippen molar-refractivity contribution >= 4 is 31.6 Å². The summed E-state index contributed by atoms with van der Waals surface area (Å²) in [5.41, 5.74) is 0.114. The van der Waals surface area contributed by atoms with E-state index < -0.39 is 27.3 Å². The molecule has 0 aliphatic rings. The first kappa shape index (κ1) is 14.9. The molecule has 0 bridgehead atoms. The molecule has 1 aromatic carbocycles. The molecule has 2 N–H and O–H groups in total. The van der Waals surface area contributed by atoms with E-state index in [1.54, 1.807) is 6.07 Å². The van der Waals surface area contributed by atoms with E-state index >= 15 is 0 Å². The zero-order chi connectivity index (χ0) is 14.8. The summed E-state index contributed by atoms with van der Waals surface area (Å²) >= 11 is 3.08. The van der Waals surface area contributed by atoms with E-state index in [0.717, 1.165) is 6.07 Å². The van der Waals surface area contributed by atoms with Crippen LogP contribution in [0.1, 0.15) is 5.56 Å². The summed E-state index contributed by atoms with van der Waals surface area (Å²) in [4.78, 5) is 3.22. The van der Waals surface area contributed by atoms with Crippen molar-refractivity contribution in [3.8, 4) is 0 Å². The molecular formula is C12H10BrFN2O3S. The number of aromatic nitrogens is 1. The average Bonchev–Trinajstić information content (AvgIpc) is 2.41. The highest BCUT2D eigenvalue weighted by Crippen LogP contribution is 2.25. The molecule has 106 valence electrons. The molecule has 2 rings (SSSR count).